The van der Waals surface area contributed by atoms with Crippen LogP contribution in [0.5, 0.6) is 0 Å². The summed E-state index contributed by atoms with van der Waals surface area (Å²) in [6, 6.07) is 1.53. The van der Waals surface area contributed by atoms with Crippen LogP contribution >= 0.6 is 0 Å². The minimum atomic E-state index is 0.150. The molecule has 0 saturated carbocycles. The van der Waals surface area contributed by atoms with Crippen molar-refractivity contribution in [2.45, 2.75) is 65.5 Å². The molecule has 2 heterocycles. The third kappa shape index (κ3) is 2.81. The molecule has 0 atom stereocenters. The van der Waals surface area contributed by atoms with Crippen LogP contribution in [0.1, 0.15) is 53.4 Å². The molecule has 2 saturated heterocycles. The fourth-order valence-electron chi connectivity index (χ4n) is 4.19. The second-order valence-electron chi connectivity index (χ2n) is 7.06. The predicted molar refractivity (Wildman–Crippen MR) is 78.8 cm³/mol. The fourth-order valence-corrected chi connectivity index (χ4v) is 4.19. The third-order valence-electron chi connectivity index (χ3n) is 5.42. The van der Waals surface area contributed by atoms with Gasteiger partial charge in [-0.05, 0) is 13.8 Å². The van der Waals surface area contributed by atoms with Gasteiger partial charge in [-0.1, -0.05) is 13.8 Å². The summed E-state index contributed by atoms with van der Waals surface area (Å²) in [6.07, 6.45) is 5.19. The van der Waals surface area contributed by atoms with Crippen molar-refractivity contribution >= 4 is 5.91 Å². The van der Waals surface area contributed by atoms with Crippen LogP contribution in [-0.2, 0) is 4.79 Å². The van der Waals surface area contributed by atoms with Gasteiger partial charge in [-0.15, -0.1) is 0 Å². The van der Waals surface area contributed by atoms with E-state index in [0.29, 0.717) is 5.91 Å². The van der Waals surface area contributed by atoms with E-state index in [2.05, 4.69) is 18.7 Å². The van der Waals surface area contributed by atoms with Gasteiger partial charge >= 0.3 is 0 Å². The van der Waals surface area contributed by atoms with Crippen LogP contribution in [0.2, 0.25) is 0 Å². The first-order chi connectivity index (χ1) is 8.97. The standard InChI is InChI=1S/C16H31N2O/c1-13(2)16(19)17-9-7-15(8-10-17)18(14(3)4)11-5-6-12-18/h13-15H,5-12H2,1-4H3/q+1. The molecule has 0 N–H and O–H groups in total. The van der Waals surface area contributed by atoms with Gasteiger partial charge < -0.3 is 9.38 Å². The zero-order chi connectivity index (χ0) is 14.0. The lowest BCUT2D eigenvalue weighted by Gasteiger charge is -2.48. The van der Waals surface area contributed by atoms with Crippen LogP contribution in [0.15, 0.2) is 0 Å². The second-order valence-corrected chi connectivity index (χ2v) is 7.06. The Hall–Kier alpha value is -0.570. The molecule has 0 aromatic carbocycles. The van der Waals surface area contributed by atoms with Crippen LogP contribution in [-0.4, -0.2) is 53.6 Å². The number of carbonyl (C=O) groups excluding carboxylic acids is 1. The molecule has 3 heteroatoms. The second kappa shape index (κ2) is 5.82. The van der Waals surface area contributed by atoms with E-state index in [1.54, 1.807) is 0 Å². The van der Waals surface area contributed by atoms with E-state index >= 15 is 0 Å². The van der Waals surface area contributed by atoms with Crippen molar-refractivity contribution in [1.82, 2.24) is 4.90 Å². The molecule has 1 amide bonds. The molecule has 0 unspecified atom stereocenters. The first-order valence-electron chi connectivity index (χ1n) is 8.12. The molecule has 0 aromatic heterocycles. The number of rotatable bonds is 3. The van der Waals surface area contributed by atoms with Crippen molar-refractivity contribution in [3.05, 3.63) is 0 Å². The Kier molecular flexibility index (Phi) is 4.54. The number of piperidine rings is 1. The van der Waals surface area contributed by atoms with Crippen molar-refractivity contribution in [3.63, 3.8) is 0 Å². The van der Waals surface area contributed by atoms with Gasteiger partial charge in [-0.2, -0.15) is 0 Å². The van der Waals surface area contributed by atoms with E-state index in [1.165, 1.54) is 43.3 Å². The number of nitrogens with zero attached hydrogens (tertiary/aromatic N) is 2. The molecule has 2 aliphatic heterocycles. The van der Waals surface area contributed by atoms with Gasteiger partial charge in [0.1, 0.15) is 0 Å². The van der Waals surface area contributed by atoms with E-state index in [0.717, 1.165) is 25.2 Å². The molecule has 2 fully saturated rings. The number of hydrogen-bond donors (Lipinski definition) is 0. The molecule has 2 aliphatic rings. The Bertz CT molecular complexity index is 311. The van der Waals surface area contributed by atoms with E-state index in [1.807, 2.05) is 13.8 Å². The maximum Gasteiger partial charge on any atom is 0.225 e. The average Bonchev–Trinajstić information content (AvgIpc) is 2.88. The van der Waals surface area contributed by atoms with Crippen LogP contribution in [0.25, 0.3) is 0 Å². The third-order valence-corrected chi connectivity index (χ3v) is 5.42. The molecule has 19 heavy (non-hydrogen) atoms. The normalized spacial score (nSPS) is 24.4. The van der Waals surface area contributed by atoms with Crippen molar-refractivity contribution in [2.75, 3.05) is 26.2 Å². The van der Waals surface area contributed by atoms with Gasteiger partial charge in [0.05, 0.1) is 25.2 Å². The summed E-state index contributed by atoms with van der Waals surface area (Å²) in [7, 11) is 0. The highest BCUT2D eigenvalue weighted by atomic mass is 16.2. The topological polar surface area (TPSA) is 20.3 Å². The van der Waals surface area contributed by atoms with Crippen molar-refractivity contribution in [1.29, 1.82) is 0 Å². The van der Waals surface area contributed by atoms with Gasteiger partial charge in [-0.3, -0.25) is 4.79 Å². The summed E-state index contributed by atoms with van der Waals surface area (Å²) >= 11 is 0. The Morgan fingerprint density at radius 3 is 2.00 bits per heavy atom. The molecule has 2 rings (SSSR count). The lowest BCUT2D eigenvalue weighted by atomic mass is 9.97. The smallest absolute Gasteiger partial charge is 0.225 e. The average molecular weight is 267 g/mol. The summed E-state index contributed by atoms with van der Waals surface area (Å²) < 4.78 is 1.32. The molecule has 0 aromatic rings. The SMILES string of the molecule is CC(C)C(=O)N1CCC([N+]2(C(C)C)CCCC2)CC1. The van der Waals surface area contributed by atoms with E-state index in [9.17, 15) is 4.79 Å². The van der Waals surface area contributed by atoms with Crippen LogP contribution < -0.4 is 0 Å². The van der Waals surface area contributed by atoms with Crippen molar-refractivity contribution < 1.29 is 9.28 Å². The lowest BCUT2D eigenvalue weighted by Crippen LogP contribution is -2.61. The van der Waals surface area contributed by atoms with Gasteiger partial charge in [0, 0.05) is 44.7 Å². The molecule has 0 spiro atoms. The summed E-state index contributed by atoms with van der Waals surface area (Å²) in [6.45, 7) is 13.5. The van der Waals surface area contributed by atoms with Gasteiger partial charge in [0.2, 0.25) is 5.91 Å². The maximum absolute atomic E-state index is 12.1. The van der Waals surface area contributed by atoms with E-state index < -0.39 is 0 Å². The highest BCUT2D eigenvalue weighted by molar-refractivity contribution is 5.78. The summed E-state index contributed by atoms with van der Waals surface area (Å²) in [4.78, 5) is 14.2. The number of quaternary nitrogens is 1. The summed E-state index contributed by atoms with van der Waals surface area (Å²) in [5.41, 5.74) is 0. The molecule has 0 aliphatic carbocycles. The number of amides is 1. The quantitative estimate of drug-likeness (QED) is 0.720. The van der Waals surface area contributed by atoms with Gasteiger partial charge in [0.25, 0.3) is 0 Å². The first-order valence-corrected chi connectivity index (χ1v) is 8.12. The molecule has 110 valence electrons. The minimum absolute atomic E-state index is 0.150. The number of likely N-dealkylation sites (tertiary alicyclic amines) is 2. The Labute approximate surface area is 118 Å². The number of carbonyl (C=O) groups is 1. The molecular weight excluding hydrogens is 236 g/mol. The largest absolute Gasteiger partial charge is 0.342 e. The lowest BCUT2D eigenvalue weighted by molar-refractivity contribution is -0.960. The minimum Gasteiger partial charge on any atom is -0.342 e. The van der Waals surface area contributed by atoms with Crippen LogP contribution in [0.3, 0.4) is 0 Å². The van der Waals surface area contributed by atoms with Gasteiger partial charge in [0.15, 0.2) is 0 Å². The molecular formula is C16H31N2O+. The molecule has 0 radical (unpaired) electrons. The Morgan fingerprint density at radius 2 is 1.58 bits per heavy atom. The Balaban J connectivity index is 1.97. The zero-order valence-corrected chi connectivity index (χ0v) is 13.2. The van der Waals surface area contributed by atoms with E-state index in [4.69, 9.17) is 0 Å². The fraction of sp³-hybridized carbons (Fsp3) is 0.938. The monoisotopic (exact) mass is 267 g/mol. The van der Waals surface area contributed by atoms with Crippen molar-refractivity contribution in [3.8, 4) is 0 Å². The van der Waals surface area contributed by atoms with Crippen molar-refractivity contribution in [2.24, 2.45) is 5.92 Å². The molecule has 0 bridgehead atoms. The summed E-state index contributed by atoms with van der Waals surface area (Å²) in [5, 5.41) is 0. The Morgan fingerprint density at radius 1 is 1.05 bits per heavy atom. The van der Waals surface area contributed by atoms with E-state index in [-0.39, 0.29) is 5.92 Å². The first kappa shape index (κ1) is 14.8. The zero-order valence-electron chi connectivity index (χ0n) is 13.2. The number of hydrogen-bond acceptors (Lipinski definition) is 1. The highest BCUT2D eigenvalue weighted by Gasteiger charge is 2.43. The predicted octanol–water partition coefficient (Wildman–Crippen LogP) is 2.65. The summed E-state index contributed by atoms with van der Waals surface area (Å²) in [5.74, 6) is 0.493. The maximum atomic E-state index is 12.1. The van der Waals surface area contributed by atoms with Crippen LogP contribution in [0, 0.1) is 5.92 Å². The van der Waals surface area contributed by atoms with Gasteiger partial charge in [-0.25, -0.2) is 0 Å². The van der Waals surface area contributed by atoms with Crippen LogP contribution in [0.4, 0.5) is 0 Å². The molecule has 3 nitrogen and oxygen atoms in total. The highest BCUT2D eigenvalue weighted by Crippen LogP contribution is 2.33.